The topological polar surface area (TPSA) is 3.24 Å². The van der Waals surface area contributed by atoms with Crippen molar-refractivity contribution in [1.29, 1.82) is 0 Å². The van der Waals surface area contributed by atoms with E-state index < -0.39 is 0 Å². The van der Waals surface area contributed by atoms with Gasteiger partial charge in [0, 0.05) is 6.54 Å². The highest BCUT2D eigenvalue weighted by atomic mass is 15.1. The normalized spacial score (nSPS) is 22.1. The summed E-state index contributed by atoms with van der Waals surface area (Å²) in [6.07, 6.45) is 6.54. The minimum atomic E-state index is 0.685. The van der Waals surface area contributed by atoms with Gasteiger partial charge in [-0.25, -0.2) is 0 Å². The summed E-state index contributed by atoms with van der Waals surface area (Å²) in [4.78, 5) is 2.34. The van der Waals surface area contributed by atoms with Crippen LogP contribution in [-0.2, 0) is 0 Å². The highest BCUT2D eigenvalue weighted by Gasteiger charge is 2.22. The number of benzene rings is 1. The van der Waals surface area contributed by atoms with Crippen LogP contribution < -0.4 is 0 Å². The fourth-order valence-corrected chi connectivity index (χ4v) is 2.10. The third-order valence-corrected chi connectivity index (χ3v) is 2.86. The lowest BCUT2D eigenvalue weighted by molar-refractivity contribution is 0.378. The number of likely N-dealkylation sites (tertiary alicyclic amines) is 1. The Labute approximate surface area is 85.7 Å². The number of hydrogen-bond acceptors (Lipinski definition) is 1. The summed E-state index contributed by atoms with van der Waals surface area (Å²) >= 11 is 0. The van der Waals surface area contributed by atoms with Gasteiger partial charge in [0.05, 0.1) is 6.54 Å². The summed E-state index contributed by atoms with van der Waals surface area (Å²) < 4.78 is 0. The lowest BCUT2D eigenvalue weighted by atomic mass is 9.99. The highest BCUT2D eigenvalue weighted by molar-refractivity contribution is 5.21. The standard InChI is InChI=1S/C13H15N/c1-2-9-14-10-8-13(11-14)12-6-4-3-5-7-12/h1,3-7,13H,8-11H2. The van der Waals surface area contributed by atoms with Gasteiger partial charge in [0.2, 0.25) is 0 Å². The van der Waals surface area contributed by atoms with E-state index in [2.05, 4.69) is 41.2 Å². The molecular formula is C13H15N. The van der Waals surface area contributed by atoms with Gasteiger partial charge in [0.1, 0.15) is 0 Å². The van der Waals surface area contributed by atoms with Crippen LogP contribution in [0.1, 0.15) is 17.9 Å². The summed E-state index contributed by atoms with van der Waals surface area (Å²) in [5, 5.41) is 0. The van der Waals surface area contributed by atoms with Gasteiger partial charge in [-0.05, 0) is 24.4 Å². The first-order valence-electron chi connectivity index (χ1n) is 5.11. The fraction of sp³-hybridized carbons (Fsp3) is 0.385. The number of rotatable bonds is 2. The summed E-state index contributed by atoms with van der Waals surface area (Å²) in [5.41, 5.74) is 1.45. The van der Waals surface area contributed by atoms with Crippen molar-refractivity contribution in [1.82, 2.24) is 4.90 Å². The first-order chi connectivity index (χ1) is 6.90. The molecule has 0 N–H and O–H groups in total. The van der Waals surface area contributed by atoms with Crippen molar-refractivity contribution in [3.05, 3.63) is 35.9 Å². The van der Waals surface area contributed by atoms with Gasteiger partial charge in [-0.15, -0.1) is 6.42 Å². The number of hydrogen-bond donors (Lipinski definition) is 0. The van der Waals surface area contributed by atoms with E-state index in [1.54, 1.807) is 0 Å². The molecule has 1 atom stereocenters. The molecule has 72 valence electrons. The maximum absolute atomic E-state index is 5.30. The second-order valence-corrected chi connectivity index (χ2v) is 3.84. The molecule has 1 aliphatic rings. The van der Waals surface area contributed by atoms with Crippen LogP contribution in [-0.4, -0.2) is 24.5 Å². The van der Waals surface area contributed by atoms with Crippen molar-refractivity contribution in [2.45, 2.75) is 12.3 Å². The molecule has 1 unspecified atom stereocenters. The number of terminal acetylenes is 1. The average molecular weight is 185 g/mol. The zero-order valence-electron chi connectivity index (χ0n) is 8.32. The smallest absolute Gasteiger partial charge is 0.0599 e. The molecule has 1 aromatic rings. The molecule has 0 aliphatic carbocycles. The van der Waals surface area contributed by atoms with E-state index in [1.165, 1.54) is 12.0 Å². The van der Waals surface area contributed by atoms with Gasteiger partial charge < -0.3 is 0 Å². The van der Waals surface area contributed by atoms with Crippen molar-refractivity contribution in [3.63, 3.8) is 0 Å². The lowest BCUT2D eigenvalue weighted by Gasteiger charge is -2.12. The van der Waals surface area contributed by atoms with Crippen LogP contribution >= 0.6 is 0 Å². The molecule has 0 spiro atoms. The van der Waals surface area contributed by atoms with Crippen LogP contribution in [0.3, 0.4) is 0 Å². The molecule has 0 radical (unpaired) electrons. The second-order valence-electron chi connectivity index (χ2n) is 3.84. The Morgan fingerprint density at radius 3 is 2.86 bits per heavy atom. The Morgan fingerprint density at radius 2 is 2.14 bits per heavy atom. The molecule has 1 fully saturated rings. The summed E-state index contributed by atoms with van der Waals surface area (Å²) in [6.45, 7) is 3.06. The third-order valence-electron chi connectivity index (χ3n) is 2.86. The van der Waals surface area contributed by atoms with Crippen LogP contribution in [0.15, 0.2) is 30.3 Å². The Bertz CT molecular complexity index is 323. The average Bonchev–Trinajstić information content (AvgIpc) is 2.68. The minimum Gasteiger partial charge on any atom is -0.292 e. The molecule has 1 heteroatoms. The Morgan fingerprint density at radius 1 is 1.36 bits per heavy atom. The van der Waals surface area contributed by atoms with Crippen molar-refractivity contribution in [3.8, 4) is 12.3 Å². The fourth-order valence-electron chi connectivity index (χ4n) is 2.10. The van der Waals surface area contributed by atoms with Crippen molar-refractivity contribution < 1.29 is 0 Å². The Kier molecular flexibility index (Phi) is 2.86. The Balaban J connectivity index is 2.00. The molecule has 2 rings (SSSR count). The maximum Gasteiger partial charge on any atom is 0.0599 e. The van der Waals surface area contributed by atoms with Crippen LogP contribution in [0.5, 0.6) is 0 Å². The predicted octanol–water partition coefficient (Wildman–Crippen LogP) is 2.11. The third kappa shape index (κ3) is 1.97. The van der Waals surface area contributed by atoms with E-state index in [9.17, 15) is 0 Å². The van der Waals surface area contributed by atoms with Gasteiger partial charge in [0.15, 0.2) is 0 Å². The zero-order valence-corrected chi connectivity index (χ0v) is 8.32. The highest BCUT2D eigenvalue weighted by Crippen LogP contribution is 2.26. The van der Waals surface area contributed by atoms with Crippen molar-refractivity contribution in [2.75, 3.05) is 19.6 Å². The number of nitrogens with zero attached hydrogens (tertiary/aromatic N) is 1. The first kappa shape index (κ1) is 9.30. The largest absolute Gasteiger partial charge is 0.292 e. The van der Waals surface area contributed by atoms with Gasteiger partial charge >= 0.3 is 0 Å². The molecule has 1 aliphatic heterocycles. The zero-order chi connectivity index (χ0) is 9.80. The van der Waals surface area contributed by atoms with Crippen LogP contribution in [0.25, 0.3) is 0 Å². The van der Waals surface area contributed by atoms with Crippen molar-refractivity contribution >= 4 is 0 Å². The lowest BCUT2D eigenvalue weighted by Crippen LogP contribution is -2.20. The molecule has 0 amide bonds. The SMILES string of the molecule is C#CCN1CCC(c2ccccc2)C1. The van der Waals surface area contributed by atoms with Gasteiger partial charge in [-0.1, -0.05) is 36.3 Å². The van der Waals surface area contributed by atoms with Gasteiger partial charge in [0.25, 0.3) is 0 Å². The minimum absolute atomic E-state index is 0.685. The van der Waals surface area contributed by atoms with E-state index in [4.69, 9.17) is 6.42 Å². The molecule has 1 heterocycles. The van der Waals surface area contributed by atoms with E-state index in [0.29, 0.717) is 5.92 Å². The van der Waals surface area contributed by atoms with Gasteiger partial charge in [-0.2, -0.15) is 0 Å². The van der Waals surface area contributed by atoms with Crippen molar-refractivity contribution in [2.24, 2.45) is 0 Å². The monoisotopic (exact) mass is 185 g/mol. The molecule has 1 saturated heterocycles. The molecule has 0 saturated carbocycles. The first-order valence-corrected chi connectivity index (χ1v) is 5.11. The molecule has 1 nitrogen and oxygen atoms in total. The summed E-state index contributed by atoms with van der Waals surface area (Å²) in [7, 11) is 0. The Hall–Kier alpha value is -1.26. The van der Waals surface area contributed by atoms with E-state index in [0.717, 1.165) is 19.6 Å². The summed E-state index contributed by atoms with van der Waals surface area (Å²) in [6, 6.07) is 10.7. The van der Waals surface area contributed by atoms with Gasteiger partial charge in [-0.3, -0.25) is 4.90 Å². The summed E-state index contributed by atoms with van der Waals surface area (Å²) in [5.74, 6) is 3.39. The molecule has 1 aromatic carbocycles. The van der Waals surface area contributed by atoms with E-state index in [-0.39, 0.29) is 0 Å². The van der Waals surface area contributed by atoms with E-state index >= 15 is 0 Å². The predicted molar refractivity (Wildman–Crippen MR) is 59.1 cm³/mol. The molecule has 0 aromatic heterocycles. The molecule has 0 bridgehead atoms. The quantitative estimate of drug-likeness (QED) is 0.638. The maximum atomic E-state index is 5.30. The molecule has 14 heavy (non-hydrogen) atoms. The van der Waals surface area contributed by atoms with E-state index in [1.807, 2.05) is 0 Å². The van der Waals surface area contributed by atoms with Crippen LogP contribution in [0.4, 0.5) is 0 Å². The second kappa shape index (κ2) is 4.30. The van der Waals surface area contributed by atoms with Crippen LogP contribution in [0.2, 0.25) is 0 Å². The molecular weight excluding hydrogens is 170 g/mol. The van der Waals surface area contributed by atoms with Crippen LogP contribution in [0, 0.1) is 12.3 Å².